The molecule has 0 saturated heterocycles. The van der Waals surface area contributed by atoms with Crippen LogP contribution >= 0.6 is 0 Å². The Morgan fingerprint density at radius 3 is 2.65 bits per heavy atom. The summed E-state index contributed by atoms with van der Waals surface area (Å²) < 4.78 is 1.53. The van der Waals surface area contributed by atoms with Crippen LogP contribution in [0.2, 0.25) is 0 Å². The van der Waals surface area contributed by atoms with Crippen molar-refractivity contribution in [3.8, 4) is 0 Å². The summed E-state index contributed by atoms with van der Waals surface area (Å²) >= 11 is 0. The van der Waals surface area contributed by atoms with Gasteiger partial charge in [0, 0.05) is 6.20 Å². The number of carboxylic acid groups (broad SMARTS) is 1. The standard InChI is InChI=1S/C14H19N3O3/c1-3-14(4-2,9-18)16-12-11(13(19)20)17-8-6-5-7-10(17)15-12/h5-8,16,18H,3-4,9H2,1-2H3,(H,19,20). The van der Waals surface area contributed by atoms with Crippen molar-refractivity contribution in [3.63, 3.8) is 0 Å². The van der Waals surface area contributed by atoms with Crippen LogP contribution in [0, 0.1) is 0 Å². The maximum absolute atomic E-state index is 11.5. The number of carbonyl (C=O) groups is 1. The van der Waals surface area contributed by atoms with E-state index >= 15 is 0 Å². The molecule has 2 heterocycles. The van der Waals surface area contributed by atoms with Crippen LogP contribution in [-0.2, 0) is 0 Å². The van der Waals surface area contributed by atoms with E-state index in [1.54, 1.807) is 24.4 Å². The second-order valence-corrected chi connectivity index (χ2v) is 4.81. The van der Waals surface area contributed by atoms with Crippen LogP contribution in [-0.4, -0.2) is 37.7 Å². The second-order valence-electron chi connectivity index (χ2n) is 4.81. The summed E-state index contributed by atoms with van der Waals surface area (Å²) in [4.78, 5) is 15.8. The number of aromatic nitrogens is 2. The molecule has 0 aliphatic rings. The van der Waals surface area contributed by atoms with Crippen molar-refractivity contribution < 1.29 is 15.0 Å². The van der Waals surface area contributed by atoms with Crippen molar-refractivity contribution in [3.05, 3.63) is 30.1 Å². The number of anilines is 1. The van der Waals surface area contributed by atoms with Crippen LogP contribution in [0.3, 0.4) is 0 Å². The molecule has 0 amide bonds. The van der Waals surface area contributed by atoms with Crippen molar-refractivity contribution in [2.24, 2.45) is 0 Å². The van der Waals surface area contributed by atoms with Gasteiger partial charge < -0.3 is 15.5 Å². The van der Waals surface area contributed by atoms with E-state index in [-0.39, 0.29) is 12.3 Å². The Morgan fingerprint density at radius 2 is 2.10 bits per heavy atom. The van der Waals surface area contributed by atoms with Gasteiger partial charge in [0.15, 0.2) is 11.5 Å². The number of fused-ring (bicyclic) bond motifs is 1. The first-order chi connectivity index (χ1) is 9.56. The Bertz CT molecular complexity index is 609. The highest BCUT2D eigenvalue weighted by atomic mass is 16.4. The first-order valence-corrected chi connectivity index (χ1v) is 6.66. The van der Waals surface area contributed by atoms with E-state index in [2.05, 4.69) is 10.3 Å². The zero-order valence-electron chi connectivity index (χ0n) is 11.6. The van der Waals surface area contributed by atoms with E-state index in [4.69, 9.17) is 0 Å². The lowest BCUT2D eigenvalue weighted by Gasteiger charge is -2.31. The zero-order chi connectivity index (χ0) is 14.8. The number of hydrogen-bond acceptors (Lipinski definition) is 4. The number of carboxylic acids is 1. The molecule has 2 aromatic heterocycles. The van der Waals surface area contributed by atoms with E-state index in [9.17, 15) is 15.0 Å². The number of aliphatic hydroxyl groups is 1. The summed E-state index contributed by atoms with van der Waals surface area (Å²) in [5, 5.41) is 22.1. The van der Waals surface area contributed by atoms with E-state index in [1.807, 2.05) is 13.8 Å². The smallest absolute Gasteiger partial charge is 0.356 e. The third kappa shape index (κ3) is 2.34. The molecule has 0 aliphatic carbocycles. The third-order valence-corrected chi connectivity index (χ3v) is 3.77. The number of aliphatic hydroxyl groups excluding tert-OH is 1. The van der Waals surface area contributed by atoms with Gasteiger partial charge in [-0.15, -0.1) is 0 Å². The first-order valence-electron chi connectivity index (χ1n) is 6.66. The Morgan fingerprint density at radius 1 is 1.40 bits per heavy atom. The van der Waals surface area contributed by atoms with Crippen molar-refractivity contribution >= 4 is 17.4 Å². The van der Waals surface area contributed by atoms with Gasteiger partial charge in [0.05, 0.1) is 12.1 Å². The van der Waals surface area contributed by atoms with Gasteiger partial charge in [-0.05, 0) is 25.0 Å². The van der Waals surface area contributed by atoms with Crippen LogP contribution in [0.15, 0.2) is 24.4 Å². The molecule has 0 unspecified atom stereocenters. The van der Waals surface area contributed by atoms with Gasteiger partial charge in [-0.2, -0.15) is 0 Å². The minimum absolute atomic E-state index is 0.0765. The van der Waals surface area contributed by atoms with Gasteiger partial charge in [-0.25, -0.2) is 9.78 Å². The topological polar surface area (TPSA) is 86.9 Å². The minimum atomic E-state index is -1.05. The average Bonchev–Trinajstić information content (AvgIpc) is 2.82. The zero-order valence-corrected chi connectivity index (χ0v) is 11.6. The number of nitrogens with one attached hydrogen (secondary N) is 1. The van der Waals surface area contributed by atoms with Crippen molar-refractivity contribution in [1.29, 1.82) is 0 Å². The number of nitrogens with zero attached hydrogens (tertiary/aromatic N) is 2. The van der Waals surface area contributed by atoms with E-state index in [1.165, 1.54) is 4.40 Å². The Kier molecular flexibility index (Phi) is 3.94. The highest BCUT2D eigenvalue weighted by Gasteiger charge is 2.29. The highest BCUT2D eigenvalue weighted by molar-refractivity contribution is 5.93. The van der Waals surface area contributed by atoms with Gasteiger partial charge in [0.1, 0.15) is 5.65 Å². The minimum Gasteiger partial charge on any atom is -0.476 e. The summed E-state index contributed by atoms with van der Waals surface area (Å²) in [7, 11) is 0. The van der Waals surface area contributed by atoms with Gasteiger partial charge in [0.25, 0.3) is 0 Å². The Labute approximate surface area is 117 Å². The SMILES string of the molecule is CCC(CC)(CO)Nc1nc2ccccn2c1C(=O)O. The molecule has 0 fully saturated rings. The van der Waals surface area contributed by atoms with Crippen molar-refractivity contribution in [1.82, 2.24) is 9.38 Å². The molecule has 0 spiro atoms. The Hall–Kier alpha value is -2.08. The molecular weight excluding hydrogens is 258 g/mol. The monoisotopic (exact) mass is 277 g/mol. The summed E-state index contributed by atoms with van der Waals surface area (Å²) in [6.45, 7) is 3.82. The largest absolute Gasteiger partial charge is 0.476 e. The molecule has 2 rings (SSSR count). The number of imidazole rings is 1. The Balaban J connectivity index is 2.54. The molecule has 0 radical (unpaired) electrons. The predicted octanol–water partition coefficient (Wildman–Crippen LogP) is 2.00. The number of pyridine rings is 1. The normalized spacial score (nSPS) is 11.8. The van der Waals surface area contributed by atoms with Crippen molar-refractivity contribution in [2.45, 2.75) is 32.2 Å². The average molecular weight is 277 g/mol. The van der Waals surface area contributed by atoms with Crippen LogP contribution < -0.4 is 5.32 Å². The van der Waals surface area contributed by atoms with E-state index in [0.717, 1.165) is 0 Å². The lowest BCUT2D eigenvalue weighted by atomic mass is 9.94. The summed E-state index contributed by atoms with van der Waals surface area (Å²) in [6, 6.07) is 5.30. The molecule has 0 atom stereocenters. The lowest BCUT2D eigenvalue weighted by molar-refractivity contribution is 0.0690. The summed E-state index contributed by atoms with van der Waals surface area (Å²) in [6.07, 6.45) is 3.01. The number of hydrogen-bond donors (Lipinski definition) is 3. The van der Waals surface area contributed by atoms with Gasteiger partial charge in [0.2, 0.25) is 0 Å². The quantitative estimate of drug-likeness (QED) is 0.751. The summed E-state index contributed by atoms with van der Waals surface area (Å²) in [5.41, 5.74) is 0.0917. The molecule has 108 valence electrons. The maximum atomic E-state index is 11.5. The molecule has 6 nitrogen and oxygen atoms in total. The fraction of sp³-hybridized carbons (Fsp3) is 0.429. The highest BCUT2D eigenvalue weighted by Crippen LogP contribution is 2.25. The molecule has 0 aliphatic heterocycles. The van der Waals surface area contributed by atoms with Gasteiger partial charge in [-0.1, -0.05) is 19.9 Å². The second kappa shape index (κ2) is 5.50. The molecule has 3 N–H and O–H groups in total. The molecule has 0 aromatic carbocycles. The molecular formula is C14H19N3O3. The predicted molar refractivity (Wildman–Crippen MR) is 76.2 cm³/mol. The van der Waals surface area contributed by atoms with Crippen LogP contribution in [0.4, 0.5) is 5.82 Å². The first kappa shape index (κ1) is 14.3. The van der Waals surface area contributed by atoms with Gasteiger partial charge >= 0.3 is 5.97 Å². The van der Waals surface area contributed by atoms with Crippen LogP contribution in [0.1, 0.15) is 37.2 Å². The van der Waals surface area contributed by atoms with Crippen LogP contribution in [0.25, 0.3) is 5.65 Å². The molecule has 20 heavy (non-hydrogen) atoms. The van der Waals surface area contributed by atoms with E-state index in [0.29, 0.717) is 24.3 Å². The molecule has 6 heteroatoms. The lowest BCUT2D eigenvalue weighted by Crippen LogP contribution is -2.41. The fourth-order valence-electron chi connectivity index (χ4n) is 2.23. The van der Waals surface area contributed by atoms with Crippen molar-refractivity contribution in [2.75, 3.05) is 11.9 Å². The number of aromatic carboxylic acids is 1. The third-order valence-electron chi connectivity index (χ3n) is 3.77. The molecule has 2 aromatic rings. The summed E-state index contributed by atoms with van der Waals surface area (Å²) in [5.74, 6) is -0.758. The molecule has 0 bridgehead atoms. The molecule has 0 saturated carbocycles. The maximum Gasteiger partial charge on any atom is 0.356 e. The van der Waals surface area contributed by atoms with Crippen LogP contribution in [0.5, 0.6) is 0 Å². The number of rotatable bonds is 6. The van der Waals surface area contributed by atoms with E-state index < -0.39 is 11.5 Å². The fourth-order valence-corrected chi connectivity index (χ4v) is 2.23. The van der Waals surface area contributed by atoms with Gasteiger partial charge in [-0.3, -0.25) is 4.40 Å².